The Labute approximate surface area is 425 Å². The molecule has 14 heteroatoms. The molecule has 0 aliphatic carbocycles. The zero-order valence-corrected chi connectivity index (χ0v) is 42.9. The molecule has 2 rings (SSSR count). The van der Waals surface area contributed by atoms with Crippen LogP contribution in [0.3, 0.4) is 0 Å². The standard InChI is InChI=1S/C57H92O14/c1-3-5-7-9-11-13-15-17-19-21-23-24-26-28-30-32-34-36-38-40-49(59)69-46(43-66-41-39-37-35-33-31-29-27-25-22-20-18-16-14-12-10-8-6-4-2)44-67-56-55(65)53(63)51(61)48(71-56)45-68-57-54(64)52(62)50(60)47(42-58)70-57/h5-8,11-14,17-20,23-25,27-28,30,46-48,50-58,60-65H,3-4,9-10,15-16,21-22,26,29,31-45H2,1-2H3/b7-5-,8-6-,13-11-,14-12-,19-17-,20-18-,24-23-,27-25-,30-28-. The quantitative estimate of drug-likeness (QED) is 0.0175. The lowest BCUT2D eigenvalue weighted by molar-refractivity contribution is -0.332. The second-order valence-electron chi connectivity index (χ2n) is 17.9. The van der Waals surface area contributed by atoms with Crippen LogP contribution in [0.4, 0.5) is 0 Å². The van der Waals surface area contributed by atoms with Gasteiger partial charge in [-0.1, -0.05) is 149 Å². The molecular formula is C57H92O14. The van der Waals surface area contributed by atoms with Crippen LogP contribution in [0.2, 0.25) is 0 Å². The predicted molar refractivity (Wildman–Crippen MR) is 279 cm³/mol. The molecule has 404 valence electrons. The van der Waals surface area contributed by atoms with Gasteiger partial charge < -0.3 is 64.2 Å². The van der Waals surface area contributed by atoms with Crippen molar-refractivity contribution in [3.05, 3.63) is 109 Å². The van der Waals surface area contributed by atoms with E-state index in [1.807, 2.05) is 0 Å². The second kappa shape index (κ2) is 43.1. The number of carbonyl (C=O) groups is 1. The molecule has 11 unspecified atom stereocenters. The van der Waals surface area contributed by atoms with Crippen LogP contribution < -0.4 is 0 Å². The Balaban J connectivity index is 1.79. The van der Waals surface area contributed by atoms with Gasteiger partial charge in [-0.25, -0.2) is 0 Å². The number of unbranched alkanes of at least 4 members (excludes halogenated alkanes) is 8. The summed E-state index contributed by atoms with van der Waals surface area (Å²) in [5.74, 6) is -0.420. The summed E-state index contributed by atoms with van der Waals surface area (Å²) in [6, 6.07) is 0. The molecule has 0 amide bonds. The molecule has 7 N–H and O–H groups in total. The number of hydrogen-bond acceptors (Lipinski definition) is 14. The van der Waals surface area contributed by atoms with Crippen molar-refractivity contribution in [2.45, 2.75) is 210 Å². The van der Waals surface area contributed by atoms with Gasteiger partial charge in [0.15, 0.2) is 12.6 Å². The molecule has 2 aliphatic rings. The van der Waals surface area contributed by atoms with Crippen LogP contribution >= 0.6 is 0 Å². The van der Waals surface area contributed by atoms with Gasteiger partial charge in [-0.2, -0.15) is 0 Å². The normalized spacial score (nSPS) is 26.2. The number of hydrogen-bond donors (Lipinski definition) is 7. The Kier molecular flexibility index (Phi) is 38.7. The SMILES string of the molecule is CC/C=C\C/C=C\C/C=C\C/C=C\C/C=C\CCCCCC(=O)OC(COCCCCCCC/C=C\C/C=C\C/C=C\C/C=C\CC)COC1OC(COC2OC(CO)C(O)C(O)C2O)C(O)C(O)C1O. The topological polar surface area (TPSA) is 214 Å². The second-order valence-corrected chi connectivity index (χ2v) is 17.9. The van der Waals surface area contributed by atoms with Gasteiger partial charge in [-0.3, -0.25) is 4.79 Å². The number of esters is 1. The van der Waals surface area contributed by atoms with Crippen LogP contribution in [-0.2, 0) is 33.2 Å². The number of allylic oxidation sites excluding steroid dienone is 18. The summed E-state index contributed by atoms with van der Waals surface area (Å²) in [6.07, 6.45) is 41.4. The van der Waals surface area contributed by atoms with E-state index in [2.05, 4.69) is 123 Å². The van der Waals surface area contributed by atoms with Crippen LogP contribution in [0, 0.1) is 0 Å². The highest BCUT2D eigenvalue weighted by Crippen LogP contribution is 2.26. The molecule has 0 spiro atoms. The molecule has 0 radical (unpaired) electrons. The minimum Gasteiger partial charge on any atom is -0.457 e. The Morgan fingerprint density at radius 1 is 0.465 bits per heavy atom. The third kappa shape index (κ3) is 30.4. The van der Waals surface area contributed by atoms with E-state index in [1.165, 1.54) is 0 Å². The molecule has 11 atom stereocenters. The van der Waals surface area contributed by atoms with Crippen molar-refractivity contribution in [1.29, 1.82) is 0 Å². The van der Waals surface area contributed by atoms with Crippen molar-refractivity contribution in [1.82, 2.24) is 0 Å². The average molecular weight is 1000 g/mol. The summed E-state index contributed by atoms with van der Waals surface area (Å²) in [6.45, 7) is 3.34. The Bertz CT molecular complexity index is 1580. The maximum absolute atomic E-state index is 13.0. The Morgan fingerprint density at radius 2 is 0.873 bits per heavy atom. The van der Waals surface area contributed by atoms with E-state index in [4.69, 9.17) is 28.4 Å². The van der Waals surface area contributed by atoms with Gasteiger partial charge >= 0.3 is 5.97 Å². The maximum Gasteiger partial charge on any atom is 0.306 e. The minimum atomic E-state index is -1.72. The molecule has 0 aromatic heterocycles. The van der Waals surface area contributed by atoms with Crippen LogP contribution in [0.1, 0.15) is 142 Å². The maximum atomic E-state index is 13.0. The van der Waals surface area contributed by atoms with Crippen molar-refractivity contribution in [3.63, 3.8) is 0 Å². The summed E-state index contributed by atoms with van der Waals surface area (Å²) in [5.41, 5.74) is 0. The van der Waals surface area contributed by atoms with E-state index in [9.17, 15) is 40.5 Å². The fourth-order valence-electron chi connectivity index (χ4n) is 7.54. The molecule has 0 aromatic carbocycles. The minimum absolute atomic E-state index is 0.0271. The van der Waals surface area contributed by atoms with Gasteiger partial charge in [-0.15, -0.1) is 0 Å². The van der Waals surface area contributed by atoms with Crippen molar-refractivity contribution >= 4 is 5.97 Å². The molecule has 2 saturated heterocycles. The molecule has 2 heterocycles. The van der Waals surface area contributed by atoms with E-state index < -0.39 is 86.7 Å². The number of aliphatic hydroxyl groups excluding tert-OH is 7. The largest absolute Gasteiger partial charge is 0.457 e. The monoisotopic (exact) mass is 1000 g/mol. The van der Waals surface area contributed by atoms with Crippen LogP contribution in [0.25, 0.3) is 0 Å². The lowest BCUT2D eigenvalue weighted by Gasteiger charge is -2.42. The highest BCUT2D eigenvalue weighted by molar-refractivity contribution is 5.69. The molecular weight excluding hydrogens is 909 g/mol. The van der Waals surface area contributed by atoms with Crippen molar-refractivity contribution < 1.29 is 69.0 Å². The first kappa shape index (κ1) is 63.8. The zero-order valence-electron chi connectivity index (χ0n) is 42.9. The van der Waals surface area contributed by atoms with E-state index in [0.717, 1.165) is 116 Å². The first-order valence-corrected chi connectivity index (χ1v) is 26.5. The molecule has 0 bridgehead atoms. The first-order valence-electron chi connectivity index (χ1n) is 26.5. The van der Waals surface area contributed by atoms with Gasteiger partial charge in [0.25, 0.3) is 0 Å². The molecule has 0 aromatic rings. The smallest absolute Gasteiger partial charge is 0.306 e. The molecule has 71 heavy (non-hydrogen) atoms. The van der Waals surface area contributed by atoms with E-state index in [1.54, 1.807) is 0 Å². The summed E-state index contributed by atoms with van der Waals surface area (Å²) < 4.78 is 34.2. The number of aliphatic hydroxyl groups is 7. The lowest BCUT2D eigenvalue weighted by Crippen LogP contribution is -2.61. The first-order chi connectivity index (χ1) is 34.6. The summed E-state index contributed by atoms with van der Waals surface area (Å²) in [4.78, 5) is 13.0. The lowest BCUT2D eigenvalue weighted by atomic mass is 9.98. The summed E-state index contributed by atoms with van der Waals surface area (Å²) >= 11 is 0. The number of ether oxygens (including phenoxy) is 6. The van der Waals surface area contributed by atoms with E-state index in [-0.39, 0.29) is 19.6 Å². The summed E-state index contributed by atoms with van der Waals surface area (Å²) in [5, 5.41) is 72.2. The van der Waals surface area contributed by atoms with Crippen molar-refractivity contribution in [3.8, 4) is 0 Å². The molecule has 14 nitrogen and oxygen atoms in total. The molecule has 2 fully saturated rings. The van der Waals surface area contributed by atoms with Crippen LogP contribution in [0.5, 0.6) is 0 Å². The Morgan fingerprint density at radius 3 is 1.37 bits per heavy atom. The highest BCUT2D eigenvalue weighted by Gasteiger charge is 2.47. The van der Waals surface area contributed by atoms with Gasteiger partial charge in [0.05, 0.1) is 26.4 Å². The van der Waals surface area contributed by atoms with E-state index in [0.29, 0.717) is 13.0 Å². The average Bonchev–Trinajstić information content (AvgIpc) is 3.37. The Hall–Kier alpha value is -3.35. The fraction of sp³-hybridized carbons (Fsp3) is 0.667. The van der Waals surface area contributed by atoms with Crippen molar-refractivity contribution in [2.24, 2.45) is 0 Å². The highest BCUT2D eigenvalue weighted by atomic mass is 16.7. The van der Waals surface area contributed by atoms with Crippen molar-refractivity contribution in [2.75, 3.05) is 33.0 Å². The van der Waals surface area contributed by atoms with Gasteiger partial charge in [0.1, 0.15) is 54.9 Å². The molecule has 0 saturated carbocycles. The third-order valence-electron chi connectivity index (χ3n) is 11.8. The number of carbonyl (C=O) groups excluding carboxylic acids is 1. The van der Waals surface area contributed by atoms with Gasteiger partial charge in [-0.05, 0) is 96.3 Å². The van der Waals surface area contributed by atoms with Gasteiger partial charge in [0.2, 0.25) is 0 Å². The fourth-order valence-corrected chi connectivity index (χ4v) is 7.54. The van der Waals surface area contributed by atoms with Crippen LogP contribution in [0.15, 0.2) is 109 Å². The predicted octanol–water partition coefficient (Wildman–Crippen LogP) is 8.40. The number of rotatable bonds is 40. The third-order valence-corrected chi connectivity index (χ3v) is 11.8. The zero-order chi connectivity index (χ0) is 51.6. The van der Waals surface area contributed by atoms with Gasteiger partial charge in [0, 0.05) is 13.0 Å². The summed E-state index contributed by atoms with van der Waals surface area (Å²) in [7, 11) is 0. The molecule has 2 aliphatic heterocycles. The van der Waals surface area contributed by atoms with E-state index >= 15 is 0 Å². The van der Waals surface area contributed by atoms with Crippen LogP contribution in [-0.4, -0.2) is 142 Å².